The van der Waals surface area contributed by atoms with Crippen LogP contribution in [-0.2, 0) is 12.0 Å². The number of nitrogens with zero attached hydrogens (tertiary/aromatic N) is 3. The summed E-state index contributed by atoms with van der Waals surface area (Å²) in [5.74, 6) is -0.296. The lowest BCUT2D eigenvalue weighted by Crippen LogP contribution is -2.32. The largest absolute Gasteiger partial charge is 0.396 e. The number of aryl methyl sites for hydroxylation is 1. The second kappa shape index (κ2) is 7.57. The van der Waals surface area contributed by atoms with Crippen LogP contribution in [0.4, 0.5) is 0 Å². The normalized spacial score (nSPS) is 12.9. The lowest BCUT2D eigenvalue weighted by molar-refractivity contribution is 0.0933. The highest BCUT2D eigenvalue weighted by molar-refractivity contribution is 5.92. The quantitative estimate of drug-likeness (QED) is 0.848. The number of aliphatic hydroxyl groups excluding tert-OH is 1. The standard InChI is InChI=1S/C18H26N4O2/c1-13-9-16(21-22(13)18(2,3)4)17(24)20-11-14(12-23)10-15-7-5-6-8-19-15/h5-9,14,23H,10-12H2,1-4H3,(H,20,24). The molecule has 2 rings (SSSR count). The molecule has 6 heteroatoms. The van der Waals surface area contributed by atoms with E-state index in [4.69, 9.17) is 0 Å². The number of pyridine rings is 1. The molecule has 2 aromatic heterocycles. The Morgan fingerprint density at radius 2 is 2.12 bits per heavy atom. The van der Waals surface area contributed by atoms with Crippen LogP contribution in [0.1, 0.15) is 42.6 Å². The Labute approximate surface area is 142 Å². The van der Waals surface area contributed by atoms with Gasteiger partial charge in [-0.3, -0.25) is 14.5 Å². The number of carbonyl (C=O) groups is 1. The molecule has 130 valence electrons. The Morgan fingerprint density at radius 3 is 2.67 bits per heavy atom. The minimum atomic E-state index is -0.222. The molecule has 0 fully saturated rings. The van der Waals surface area contributed by atoms with Crippen LogP contribution in [0.25, 0.3) is 0 Å². The molecule has 0 aromatic carbocycles. The van der Waals surface area contributed by atoms with E-state index in [9.17, 15) is 9.90 Å². The molecule has 0 saturated heterocycles. The number of hydrogen-bond acceptors (Lipinski definition) is 4. The number of amides is 1. The predicted octanol–water partition coefficient (Wildman–Crippen LogP) is 1.92. The van der Waals surface area contributed by atoms with Crippen LogP contribution in [0.5, 0.6) is 0 Å². The topological polar surface area (TPSA) is 80.0 Å². The minimum absolute atomic E-state index is 0.00763. The molecule has 2 heterocycles. The van der Waals surface area contributed by atoms with Crippen LogP contribution in [-0.4, -0.2) is 38.9 Å². The summed E-state index contributed by atoms with van der Waals surface area (Å²) in [6.45, 7) is 8.45. The van der Waals surface area contributed by atoms with Gasteiger partial charge in [0.15, 0.2) is 0 Å². The van der Waals surface area contributed by atoms with Gasteiger partial charge in [-0.15, -0.1) is 0 Å². The predicted molar refractivity (Wildman–Crippen MR) is 92.8 cm³/mol. The van der Waals surface area contributed by atoms with Crippen LogP contribution in [0, 0.1) is 12.8 Å². The van der Waals surface area contributed by atoms with Crippen molar-refractivity contribution in [2.45, 2.75) is 39.7 Å². The van der Waals surface area contributed by atoms with Crippen LogP contribution in [0.3, 0.4) is 0 Å². The average molecular weight is 330 g/mol. The Bertz CT molecular complexity index is 674. The van der Waals surface area contributed by atoms with Crippen molar-refractivity contribution in [2.75, 3.05) is 13.2 Å². The Hall–Kier alpha value is -2.21. The van der Waals surface area contributed by atoms with E-state index in [-0.39, 0.29) is 24.0 Å². The summed E-state index contributed by atoms with van der Waals surface area (Å²) < 4.78 is 1.85. The Kier molecular flexibility index (Phi) is 5.72. The van der Waals surface area contributed by atoms with E-state index in [1.165, 1.54) is 0 Å². The van der Waals surface area contributed by atoms with Gasteiger partial charge in [0.25, 0.3) is 5.91 Å². The molecule has 0 aliphatic carbocycles. The molecule has 2 aromatic rings. The molecule has 2 N–H and O–H groups in total. The van der Waals surface area contributed by atoms with E-state index < -0.39 is 0 Å². The van der Waals surface area contributed by atoms with E-state index >= 15 is 0 Å². The lowest BCUT2D eigenvalue weighted by Gasteiger charge is -2.21. The molecule has 6 nitrogen and oxygen atoms in total. The molecular formula is C18H26N4O2. The van der Waals surface area contributed by atoms with Crippen molar-refractivity contribution in [3.63, 3.8) is 0 Å². The summed E-state index contributed by atoms with van der Waals surface area (Å²) in [4.78, 5) is 16.6. The summed E-state index contributed by atoms with van der Waals surface area (Å²) in [6.07, 6.45) is 2.34. The summed E-state index contributed by atoms with van der Waals surface area (Å²) in [7, 11) is 0. The fourth-order valence-electron chi connectivity index (χ4n) is 2.61. The number of aliphatic hydroxyl groups is 1. The van der Waals surface area contributed by atoms with Gasteiger partial charge in [0.2, 0.25) is 0 Å². The highest BCUT2D eigenvalue weighted by atomic mass is 16.3. The number of nitrogens with one attached hydrogen (secondary N) is 1. The molecule has 1 amide bonds. The number of hydrogen-bond donors (Lipinski definition) is 2. The SMILES string of the molecule is Cc1cc(C(=O)NCC(CO)Cc2ccccn2)nn1C(C)(C)C. The Morgan fingerprint density at radius 1 is 1.38 bits per heavy atom. The van der Waals surface area contributed by atoms with Crippen LogP contribution >= 0.6 is 0 Å². The molecule has 0 radical (unpaired) electrons. The molecule has 0 aliphatic heterocycles. The van der Waals surface area contributed by atoms with Crippen molar-refractivity contribution in [2.24, 2.45) is 5.92 Å². The minimum Gasteiger partial charge on any atom is -0.396 e. The number of carbonyl (C=O) groups excluding carboxylic acids is 1. The zero-order chi connectivity index (χ0) is 17.7. The first-order valence-electron chi connectivity index (χ1n) is 8.17. The first-order chi connectivity index (χ1) is 11.3. The third-order valence-electron chi connectivity index (χ3n) is 3.79. The van der Waals surface area contributed by atoms with E-state index in [1.54, 1.807) is 12.3 Å². The van der Waals surface area contributed by atoms with Gasteiger partial charge in [0.1, 0.15) is 5.69 Å². The Balaban J connectivity index is 1.97. The van der Waals surface area contributed by atoms with Crippen molar-refractivity contribution in [3.05, 3.63) is 47.5 Å². The highest BCUT2D eigenvalue weighted by Gasteiger charge is 2.20. The maximum atomic E-state index is 12.3. The van der Waals surface area contributed by atoms with E-state index in [2.05, 4.69) is 15.4 Å². The van der Waals surface area contributed by atoms with Gasteiger partial charge in [-0.05, 0) is 52.3 Å². The van der Waals surface area contributed by atoms with Gasteiger partial charge in [-0.2, -0.15) is 5.10 Å². The van der Waals surface area contributed by atoms with Gasteiger partial charge in [0, 0.05) is 36.7 Å². The average Bonchev–Trinajstić information content (AvgIpc) is 2.94. The summed E-state index contributed by atoms with van der Waals surface area (Å²) in [5.41, 5.74) is 2.07. The van der Waals surface area contributed by atoms with Gasteiger partial charge in [-0.25, -0.2) is 0 Å². The zero-order valence-electron chi connectivity index (χ0n) is 14.8. The van der Waals surface area contributed by atoms with Crippen molar-refractivity contribution >= 4 is 5.91 Å². The summed E-state index contributed by atoms with van der Waals surface area (Å²) >= 11 is 0. The zero-order valence-corrected chi connectivity index (χ0v) is 14.8. The van der Waals surface area contributed by atoms with Crippen LogP contribution < -0.4 is 5.32 Å². The molecule has 0 spiro atoms. The molecule has 24 heavy (non-hydrogen) atoms. The number of aromatic nitrogens is 3. The van der Waals surface area contributed by atoms with Crippen molar-refractivity contribution in [3.8, 4) is 0 Å². The lowest BCUT2D eigenvalue weighted by atomic mass is 10.0. The van der Waals surface area contributed by atoms with E-state index in [0.717, 1.165) is 11.4 Å². The van der Waals surface area contributed by atoms with E-state index in [1.807, 2.05) is 50.6 Å². The highest BCUT2D eigenvalue weighted by Crippen LogP contribution is 2.16. The van der Waals surface area contributed by atoms with Gasteiger partial charge >= 0.3 is 0 Å². The third kappa shape index (κ3) is 4.64. The van der Waals surface area contributed by atoms with Crippen LogP contribution in [0.15, 0.2) is 30.5 Å². The second-order valence-corrected chi connectivity index (χ2v) is 7.04. The second-order valence-electron chi connectivity index (χ2n) is 7.04. The fourth-order valence-corrected chi connectivity index (χ4v) is 2.61. The maximum absolute atomic E-state index is 12.3. The van der Waals surface area contributed by atoms with Crippen molar-refractivity contribution in [1.82, 2.24) is 20.1 Å². The molecule has 0 aliphatic rings. The van der Waals surface area contributed by atoms with Gasteiger partial charge in [0.05, 0.1) is 5.54 Å². The van der Waals surface area contributed by atoms with Gasteiger partial charge in [-0.1, -0.05) is 6.07 Å². The summed E-state index contributed by atoms with van der Waals surface area (Å²) in [5, 5.41) is 16.8. The van der Waals surface area contributed by atoms with Gasteiger partial charge < -0.3 is 10.4 Å². The first kappa shape index (κ1) is 18.1. The molecular weight excluding hydrogens is 304 g/mol. The van der Waals surface area contributed by atoms with Crippen molar-refractivity contribution < 1.29 is 9.90 Å². The third-order valence-corrected chi connectivity index (χ3v) is 3.79. The molecule has 0 saturated carbocycles. The monoisotopic (exact) mass is 330 g/mol. The maximum Gasteiger partial charge on any atom is 0.271 e. The van der Waals surface area contributed by atoms with Crippen LogP contribution in [0.2, 0.25) is 0 Å². The summed E-state index contributed by atoms with van der Waals surface area (Å²) in [6, 6.07) is 7.47. The van der Waals surface area contributed by atoms with Crippen molar-refractivity contribution in [1.29, 1.82) is 0 Å². The van der Waals surface area contributed by atoms with E-state index in [0.29, 0.717) is 18.7 Å². The number of rotatable bonds is 6. The molecule has 1 atom stereocenters. The smallest absolute Gasteiger partial charge is 0.271 e. The first-order valence-corrected chi connectivity index (χ1v) is 8.17. The fraction of sp³-hybridized carbons (Fsp3) is 0.500. The molecule has 1 unspecified atom stereocenters. The molecule has 0 bridgehead atoms.